The van der Waals surface area contributed by atoms with Crippen molar-refractivity contribution in [2.24, 2.45) is 0 Å². The summed E-state index contributed by atoms with van der Waals surface area (Å²) in [6.07, 6.45) is 1.52. The molecule has 0 amide bonds. The molecule has 0 aliphatic carbocycles. The van der Waals surface area contributed by atoms with Crippen molar-refractivity contribution in [3.05, 3.63) is 0 Å². The van der Waals surface area contributed by atoms with Gasteiger partial charge >= 0.3 is 0 Å². The fourth-order valence-electron chi connectivity index (χ4n) is 0.802. The lowest BCUT2D eigenvalue weighted by Crippen LogP contribution is -2.14. The largest absolute Gasteiger partial charge is 0.298 e. The van der Waals surface area contributed by atoms with Crippen molar-refractivity contribution in [1.29, 1.82) is 5.26 Å². The summed E-state index contributed by atoms with van der Waals surface area (Å²) in [6.45, 7) is 0. The molecular weight excluding hydrogens is 194 g/mol. The van der Waals surface area contributed by atoms with Gasteiger partial charge < -0.3 is 0 Å². The summed E-state index contributed by atoms with van der Waals surface area (Å²) in [5.41, 5.74) is 0. The third-order valence-electron chi connectivity index (χ3n) is 1.34. The average molecular weight is 205 g/mol. The molecule has 0 aromatic heterocycles. The van der Waals surface area contributed by atoms with Gasteiger partial charge in [0, 0.05) is 12.8 Å². The van der Waals surface area contributed by atoms with Crippen LogP contribution < -0.4 is 0 Å². The summed E-state index contributed by atoms with van der Waals surface area (Å²) in [6, 6.07) is 1.91. The van der Waals surface area contributed by atoms with Gasteiger partial charge in [-0.2, -0.15) is 13.7 Å². The molecule has 0 aliphatic rings. The molecule has 0 radical (unpaired) electrons. The van der Waals surface area contributed by atoms with Crippen molar-refractivity contribution in [2.45, 2.75) is 25.7 Å². The van der Waals surface area contributed by atoms with E-state index < -0.39 is 21.7 Å². The number of hydrogen-bond acceptors (Lipinski definition) is 4. The van der Waals surface area contributed by atoms with Gasteiger partial charge in [0.05, 0.1) is 6.07 Å². The van der Waals surface area contributed by atoms with Gasteiger partial charge in [-0.1, -0.05) is 0 Å². The van der Waals surface area contributed by atoms with E-state index in [0.29, 0.717) is 19.3 Å². The summed E-state index contributed by atoms with van der Waals surface area (Å²) in [7, 11) is -4.18. The van der Waals surface area contributed by atoms with E-state index in [2.05, 4.69) is 0 Å². The van der Waals surface area contributed by atoms with Crippen LogP contribution in [0.1, 0.15) is 25.7 Å². The molecule has 6 heteroatoms. The molecule has 0 saturated heterocycles. The number of unbranched alkanes of at least 4 members (excludes halogenated alkanes) is 2. The lowest BCUT2D eigenvalue weighted by Gasteiger charge is -1.96. The van der Waals surface area contributed by atoms with E-state index in [1.165, 1.54) is 0 Å². The van der Waals surface area contributed by atoms with Crippen molar-refractivity contribution < 1.29 is 17.8 Å². The van der Waals surface area contributed by atoms with Gasteiger partial charge in [0.25, 0.3) is 10.1 Å². The highest BCUT2D eigenvalue weighted by molar-refractivity contribution is 7.86. The van der Waals surface area contributed by atoms with E-state index in [0.717, 1.165) is 0 Å². The summed E-state index contributed by atoms with van der Waals surface area (Å²) in [5, 5.41) is 8.15. The molecule has 0 atom stereocenters. The molecule has 74 valence electrons. The van der Waals surface area contributed by atoms with Gasteiger partial charge in [-0.25, -0.2) is 0 Å². The molecule has 0 fully saturated rings. The molecule has 0 rings (SSSR count). The zero-order valence-electron chi connectivity index (χ0n) is 7.06. The summed E-state index contributed by atoms with van der Waals surface area (Å²) in [4.78, 5) is 10.8. The normalized spacial score (nSPS) is 10.8. The number of nitriles is 1. The highest BCUT2D eigenvalue weighted by Crippen LogP contribution is 2.00. The summed E-state index contributed by atoms with van der Waals surface area (Å²) < 4.78 is 28.7. The lowest BCUT2D eigenvalue weighted by atomic mass is 10.1. The van der Waals surface area contributed by atoms with Crippen LogP contribution in [0.15, 0.2) is 0 Å². The van der Waals surface area contributed by atoms with Crippen molar-refractivity contribution in [3.63, 3.8) is 0 Å². The monoisotopic (exact) mass is 205 g/mol. The van der Waals surface area contributed by atoms with Gasteiger partial charge in [-0.15, -0.1) is 0 Å². The Morgan fingerprint density at radius 3 is 2.46 bits per heavy atom. The maximum atomic E-state index is 10.8. The van der Waals surface area contributed by atoms with Crippen molar-refractivity contribution in [2.75, 3.05) is 5.75 Å². The molecule has 5 nitrogen and oxygen atoms in total. The third-order valence-corrected chi connectivity index (χ3v) is 2.02. The minimum atomic E-state index is -4.18. The van der Waals surface area contributed by atoms with Crippen LogP contribution in [0.4, 0.5) is 0 Å². The van der Waals surface area contributed by atoms with Crippen molar-refractivity contribution >= 4 is 15.9 Å². The predicted molar refractivity (Wildman–Crippen MR) is 45.5 cm³/mol. The Morgan fingerprint density at radius 1 is 1.38 bits per heavy atom. The predicted octanol–water partition coefficient (Wildman–Crippen LogP) is 0.527. The molecule has 0 unspecified atom stereocenters. The Hall–Kier alpha value is -0.930. The number of carbonyl (C=O) groups excluding carboxylic acids is 1. The molecule has 1 N–H and O–H groups in total. The smallest absolute Gasteiger partial charge is 0.272 e. The van der Waals surface area contributed by atoms with Gasteiger partial charge in [0.2, 0.25) is 0 Å². The van der Waals surface area contributed by atoms with Crippen LogP contribution in [0.25, 0.3) is 0 Å². The van der Waals surface area contributed by atoms with Crippen LogP contribution in [0, 0.1) is 11.3 Å². The minimum Gasteiger partial charge on any atom is -0.298 e. The second-order valence-corrected chi connectivity index (χ2v) is 4.08. The van der Waals surface area contributed by atoms with Gasteiger partial charge in [0.15, 0.2) is 0 Å². The van der Waals surface area contributed by atoms with E-state index in [4.69, 9.17) is 9.81 Å². The van der Waals surface area contributed by atoms with Crippen molar-refractivity contribution in [3.8, 4) is 6.07 Å². The second-order valence-electron chi connectivity index (χ2n) is 2.63. The Morgan fingerprint density at radius 2 is 2.00 bits per heavy atom. The number of carbonyl (C=O) groups is 1. The zero-order chi connectivity index (χ0) is 10.3. The Kier molecular flexibility index (Phi) is 5.26. The Balaban J connectivity index is 3.60. The van der Waals surface area contributed by atoms with Crippen molar-refractivity contribution in [1.82, 2.24) is 0 Å². The molecule has 0 spiro atoms. The molecule has 0 bridgehead atoms. The van der Waals surface area contributed by atoms with Crippen LogP contribution >= 0.6 is 0 Å². The van der Waals surface area contributed by atoms with E-state index in [1.807, 2.05) is 6.07 Å². The van der Waals surface area contributed by atoms with E-state index >= 15 is 0 Å². The quantitative estimate of drug-likeness (QED) is 0.504. The number of Topliss-reactive ketones (excluding diaryl/α,β-unsaturated/α-hetero) is 1. The first-order valence-corrected chi connectivity index (χ1v) is 5.40. The van der Waals surface area contributed by atoms with Crippen LogP contribution in [0.2, 0.25) is 0 Å². The van der Waals surface area contributed by atoms with Crippen LogP contribution in [-0.4, -0.2) is 24.5 Å². The molecule has 0 saturated carbocycles. The summed E-state index contributed by atoms with van der Waals surface area (Å²) in [5.74, 6) is -1.33. The van der Waals surface area contributed by atoms with Crippen LogP contribution in [-0.2, 0) is 14.9 Å². The topological polar surface area (TPSA) is 95.2 Å². The minimum absolute atomic E-state index is 0.0987. The number of hydrogen-bond donors (Lipinski definition) is 1. The average Bonchev–Trinajstić information content (AvgIpc) is 1.94. The first-order valence-electron chi connectivity index (χ1n) is 3.79. The van der Waals surface area contributed by atoms with E-state index in [9.17, 15) is 13.2 Å². The molecule has 13 heavy (non-hydrogen) atoms. The maximum absolute atomic E-state index is 10.8. The lowest BCUT2D eigenvalue weighted by molar-refractivity contribution is -0.116. The fourth-order valence-corrected chi connectivity index (χ4v) is 1.35. The first-order chi connectivity index (χ1) is 5.95. The molecule has 0 aromatic rings. The fraction of sp³-hybridized carbons (Fsp3) is 0.714. The van der Waals surface area contributed by atoms with Gasteiger partial charge in [0.1, 0.15) is 11.5 Å². The van der Waals surface area contributed by atoms with Gasteiger partial charge in [-0.05, 0) is 12.8 Å². The molecule has 0 heterocycles. The Bertz CT molecular complexity index is 301. The molecular formula is C7H11NO4S. The van der Waals surface area contributed by atoms with Gasteiger partial charge in [-0.3, -0.25) is 9.35 Å². The summed E-state index contributed by atoms with van der Waals surface area (Å²) >= 11 is 0. The highest BCUT2D eigenvalue weighted by Gasteiger charge is 2.11. The Labute approximate surface area is 77.1 Å². The van der Waals surface area contributed by atoms with Crippen LogP contribution in [0.3, 0.4) is 0 Å². The number of nitrogens with zero attached hydrogens (tertiary/aromatic N) is 1. The standard InChI is InChI=1S/C7H11NO4S/c8-5-3-1-2-4-7(9)6-13(10,11)12/h1-4,6H2,(H,10,11,12). The molecule has 0 aromatic carbocycles. The zero-order valence-corrected chi connectivity index (χ0v) is 7.88. The number of rotatable bonds is 6. The SMILES string of the molecule is N#CCCCCC(=O)CS(=O)(=O)O. The first kappa shape index (κ1) is 12.1. The van der Waals surface area contributed by atoms with E-state index in [1.54, 1.807) is 0 Å². The molecule has 0 aliphatic heterocycles. The second kappa shape index (κ2) is 5.67. The maximum Gasteiger partial charge on any atom is 0.272 e. The van der Waals surface area contributed by atoms with E-state index in [-0.39, 0.29) is 6.42 Å². The number of ketones is 1. The van der Waals surface area contributed by atoms with Crippen LogP contribution in [0.5, 0.6) is 0 Å². The highest BCUT2D eigenvalue weighted by atomic mass is 32.2. The third kappa shape index (κ3) is 8.98.